The summed E-state index contributed by atoms with van der Waals surface area (Å²) in [6.45, 7) is 2.95. The smallest absolute Gasteiger partial charge is 0.132 e. The third kappa shape index (κ3) is 5.93. The van der Waals surface area contributed by atoms with Crippen molar-refractivity contribution >= 4 is 5.78 Å². The molecule has 1 unspecified atom stereocenters. The molecule has 1 rings (SSSR count). The van der Waals surface area contributed by atoms with Crippen molar-refractivity contribution in [2.24, 2.45) is 17.6 Å². The van der Waals surface area contributed by atoms with Gasteiger partial charge in [-0.25, -0.2) is 0 Å². The number of carbonyl (C=O) groups is 1. The second kappa shape index (κ2) is 7.00. The molecule has 1 atom stereocenters. The van der Waals surface area contributed by atoms with Crippen molar-refractivity contribution in [2.75, 3.05) is 6.54 Å². The largest absolute Gasteiger partial charge is 0.330 e. The van der Waals surface area contributed by atoms with Gasteiger partial charge in [0.1, 0.15) is 5.78 Å². The van der Waals surface area contributed by atoms with E-state index in [-0.39, 0.29) is 0 Å². The molecule has 1 fully saturated rings. The summed E-state index contributed by atoms with van der Waals surface area (Å²) in [5, 5.41) is 0. The molecular formula is C13H25NO. The van der Waals surface area contributed by atoms with Gasteiger partial charge in [-0.3, -0.25) is 4.79 Å². The Morgan fingerprint density at radius 3 is 2.60 bits per heavy atom. The molecule has 0 amide bonds. The Kier molecular flexibility index (Phi) is 5.92. The first-order valence-corrected chi connectivity index (χ1v) is 6.48. The lowest BCUT2D eigenvalue weighted by Crippen LogP contribution is -2.10. The molecule has 2 nitrogen and oxygen atoms in total. The zero-order chi connectivity index (χ0) is 11.1. The van der Waals surface area contributed by atoms with E-state index >= 15 is 0 Å². The van der Waals surface area contributed by atoms with Gasteiger partial charge in [-0.1, -0.05) is 26.2 Å². The fourth-order valence-corrected chi connectivity index (χ4v) is 2.05. The normalized spacial score (nSPS) is 17.7. The molecular weight excluding hydrogens is 186 g/mol. The van der Waals surface area contributed by atoms with Crippen molar-refractivity contribution in [3.8, 4) is 0 Å². The van der Waals surface area contributed by atoms with Gasteiger partial charge in [0.25, 0.3) is 0 Å². The number of carbonyl (C=O) groups excluding carboxylic acids is 1. The molecule has 0 aliphatic heterocycles. The number of nitrogens with two attached hydrogens (primary N) is 1. The predicted octanol–water partition coefficient (Wildman–Crippen LogP) is 2.90. The molecule has 0 heterocycles. The Hall–Kier alpha value is -0.370. The van der Waals surface area contributed by atoms with Crippen LogP contribution in [-0.2, 0) is 4.79 Å². The van der Waals surface area contributed by atoms with Crippen LogP contribution in [0, 0.1) is 11.8 Å². The fourth-order valence-electron chi connectivity index (χ4n) is 2.05. The maximum absolute atomic E-state index is 11.6. The minimum absolute atomic E-state index is 0.470. The molecule has 1 aliphatic carbocycles. The number of hydrogen-bond donors (Lipinski definition) is 1. The monoisotopic (exact) mass is 211 g/mol. The molecule has 0 saturated heterocycles. The first-order chi connectivity index (χ1) is 7.26. The Balaban J connectivity index is 2.02. The lowest BCUT2D eigenvalue weighted by molar-refractivity contribution is -0.119. The van der Waals surface area contributed by atoms with E-state index in [1.807, 2.05) is 0 Å². The molecule has 1 saturated carbocycles. The van der Waals surface area contributed by atoms with E-state index in [0.29, 0.717) is 11.7 Å². The van der Waals surface area contributed by atoms with Gasteiger partial charge in [0, 0.05) is 12.8 Å². The van der Waals surface area contributed by atoms with E-state index in [4.69, 9.17) is 5.73 Å². The van der Waals surface area contributed by atoms with Crippen LogP contribution in [0.3, 0.4) is 0 Å². The zero-order valence-corrected chi connectivity index (χ0v) is 10.0. The molecule has 2 heteroatoms. The minimum atomic E-state index is 0.470. The summed E-state index contributed by atoms with van der Waals surface area (Å²) >= 11 is 0. The first kappa shape index (κ1) is 12.7. The molecule has 1 aliphatic rings. The standard InChI is InChI=1S/C13H25NO/c1-2-11(9-10-14)5-7-13(15)8-6-12-3-4-12/h11-12H,2-10,14H2,1H3. The van der Waals surface area contributed by atoms with Crippen molar-refractivity contribution in [3.05, 3.63) is 0 Å². The lowest BCUT2D eigenvalue weighted by atomic mass is 9.94. The van der Waals surface area contributed by atoms with E-state index in [0.717, 1.165) is 51.0 Å². The number of Topliss-reactive ketones (excluding diaryl/α,β-unsaturated/α-hetero) is 1. The van der Waals surface area contributed by atoms with Crippen molar-refractivity contribution in [3.63, 3.8) is 0 Å². The Labute approximate surface area is 93.6 Å². The van der Waals surface area contributed by atoms with Crippen LogP contribution < -0.4 is 5.73 Å². The van der Waals surface area contributed by atoms with Gasteiger partial charge in [-0.05, 0) is 37.6 Å². The first-order valence-electron chi connectivity index (χ1n) is 6.48. The molecule has 0 aromatic rings. The second-order valence-electron chi connectivity index (χ2n) is 4.91. The highest BCUT2D eigenvalue weighted by Gasteiger charge is 2.21. The third-order valence-electron chi connectivity index (χ3n) is 3.51. The summed E-state index contributed by atoms with van der Waals surface area (Å²) in [6, 6.07) is 0. The van der Waals surface area contributed by atoms with Gasteiger partial charge >= 0.3 is 0 Å². The molecule has 0 bridgehead atoms. The topological polar surface area (TPSA) is 43.1 Å². The van der Waals surface area contributed by atoms with Gasteiger partial charge in [0.05, 0.1) is 0 Å². The summed E-state index contributed by atoms with van der Waals surface area (Å²) in [4.78, 5) is 11.6. The van der Waals surface area contributed by atoms with Crippen molar-refractivity contribution in [2.45, 2.75) is 58.3 Å². The van der Waals surface area contributed by atoms with Crippen LogP contribution in [0.15, 0.2) is 0 Å². The molecule has 0 aromatic heterocycles. The van der Waals surface area contributed by atoms with Gasteiger partial charge in [0.15, 0.2) is 0 Å². The molecule has 88 valence electrons. The van der Waals surface area contributed by atoms with Gasteiger partial charge in [-0.15, -0.1) is 0 Å². The lowest BCUT2D eigenvalue weighted by Gasteiger charge is -2.12. The van der Waals surface area contributed by atoms with Crippen LogP contribution in [0.2, 0.25) is 0 Å². The molecule has 15 heavy (non-hydrogen) atoms. The zero-order valence-electron chi connectivity index (χ0n) is 10.0. The Bertz CT molecular complexity index is 187. The Morgan fingerprint density at radius 1 is 1.33 bits per heavy atom. The summed E-state index contributed by atoms with van der Waals surface area (Å²) < 4.78 is 0. The van der Waals surface area contributed by atoms with Crippen LogP contribution in [0.25, 0.3) is 0 Å². The summed E-state index contributed by atoms with van der Waals surface area (Å²) in [5.41, 5.74) is 5.53. The molecule has 0 radical (unpaired) electrons. The highest BCUT2D eigenvalue weighted by atomic mass is 16.1. The number of ketones is 1. The maximum atomic E-state index is 11.6. The van der Waals surface area contributed by atoms with Gasteiger partial charge in [-0.2, -0.15) is 0 Å². The average molecular weight is 211 g/mol. The van der Waals surface area contributed by atoms with Crippen molar-refractivity contribution < 1.29 is 4.79 Å². The van der Waals surface area contributed by atoms with Crippen molar-refractivity contribution in [1.82, 2.24) is 0 Å². The quantitative estimate of drug-likeness (QED) is 0.637. The van der Waals surface area contributed by atoms with E-state index < -0.39 is 0 Å². The van der Waals surface area contributed by atoms with E-state index in [1.165, 1.54) is 12.8 Å². The summed E-state index contributed by atoms with van der Waals surface area (Å²) in [7, 11) is 0. The van der Waals surface area contributed by atoms with Gasteiger partial charge in [0.2, 0.25) is 0 Å². The fraction of sp³-hybridized carbons (Fsp3) is 0.923. The van der Waals surface area contributed by atoms with Crippen LogP contribution in [0.4, 0.5) is 0 Å². The molecule has 0 aromatic carbocycles. The van der Waals surface area contributed by atoms with Crippen LogP contribution >= 0.6 is 0 Å². The Morgan fingerprint density at radius 2 is 2.07 bits per heavy atom. The highest BCUT2D eigenvalue weighted by Crippen LogP contribution is 2.33. The van der Waals surface area contributed by atoms with E-state index in [2.05, 4.69) is 6.92 Å². The third-order valence-corrected chi connectivity index (χ3v) is 3.51. The molecule has 2 N–H and O–H groups in total. The average Bonchev–Trinajstić information content (AvgIpc) is 3.05. The highest BCUT2D eigenvalue weighted by molar-refractivity contribution is 5.78. The van der Waals surface area contributed by atoms with E-state index in [1.54, 1.807) is 0 Å². The van der Waals surface area contributed by atoms with Crippen LogP contribution in [0.1, 0.15) is 58.3 Å². The number of hydrogen-bond acceptors (Lipinski definition) is 2. The molecule has 0 spiro atoms. The summed E-state index contributed by atoms with van der Waals surface area (Å²) in [6.07, 6.45) is 8.76. The SMILES string of the molecule is CCC(CCN)CCC(=O)CCC1CC1. The van der Waals surface area contributed by atoms with Crippen LogP contribution in [0.5, 0.6) is 0 Å². The van der Waals surface area contributed by atoms with Crippen LogP contribution in [-0.4, -0.2) is 12.3 Å². The minimum Gasteiger partial charge on any atom is -0.330 e. The summed E-state index contributed by atoms with van der Waals surface area (Å²) in [5.74, 6) is 2.03. The predicted molar refractivity (Wildman–Crippen MR) is 63.7 cm³/mol. The maximum Gasteiger partial charge on any atom is 0.132 e. The second-order valence-corrected chi connectivity index (χ2v) is 4.91. The van der Waals surface area contributed by atoms with E-state index in [9.17, 15) is 4.79 Å². The number of rotatable bonds is 9. The van der Waals surface area contributed by atoms with Gasteiger partial charge < -0.3 is 5.73 Å². The van der Waals surface area contributed by atoms with Crippen molar-refractivity contribution in [1.29, 1.82) is 0 Å².